The number of halogens is 1. The molecule has 0 aromatic carbocycles. The van der Waals surface area contributed by atoms with E-state index in [4.69, 9.17) is 21.8 Å². The van der Waals surface area contributed by atoms with Crippen LogP contribution in [0.1, 0.15) is 33.0 Å². The van der Waals surface area contributed by atoms with Crippen LogP contribution in [0, 0.1) is 5.92 Å². The summed E-state index contributed by atoms with van der Waals surface area (Å²) in [6.45, 7) is 6.23. The summed E-state index contributed by atoms with van der Waals surface area (Å²) in [5.41, 5.74) is 5.68. The Kier molecular flexibility index (Phi) is 3.04. The maximum absolute atomic E-state index is 6.10. The molecule has 3 heteroatoms. The molecule has 1 aromatic rings. The normalized spacial score (nSPS) is 16.2. The van der Waals surface area contributed by atoms with Crippen molar-refractivity contribution in [1.82, 2.24) is 0 Å². The van der Waals surface area contributed by atoms with Crippen molar-refractivity contribution in [3.63, 3.8) is 0 Å². The summed E-state index contributed by atoms with van der Waals surface area (Å²) < 4.78 is 5.29. The summed E-state index contributed by atoms with van der Waals surface area (Å²) in [6.07, 6.45) is 0.886. The standard InChI is InChI=1S/C10H16ClNO/c1-7(2)6-10(3,12)8-4-5-9(11)13-8/h4-5,7H,6,12H2,1-3H3. The molecule has 13 heavy (non-hydrogen) atoms. The smallest absolute Gasteiger partial charge is 0.193 e. The van der Waals surface area contributed by atoms with Crippen molar-refractivity contribution < 1.29 is 4.42 Å². The summed E-state index contributed by atoms with van der Waals surface area (Å²) in [7, 11) is 0. The first-order chi connectivity index (χ1) is 5.92. The van der Waals surface area contributed by atoms with Gasteiger partial charge in [0.1, 0.15) is 5.76 Å². The summed E-state index contributed by atoms with van der Waals surface area (Å²) in [4.78, 5) is 0. The van der Waals surface area contributed by atoms with E-state index in [2.05, 4.69) is 13.8 Å². The van der Waals surface area contributed by atoms with Crippen LogP contribution in [0.3, 0.4) is 0 Å². The van der Waals surface area contributed by atoms with Gasteiger partial charge in [-0.1, -0.05) is 13.8 Å². The second-order valence-corrected chi connectivity index (χ2v) is 4.49. The van der Waals surface area contributed by atoms with Gasteiger partial charge in [-0.15, -0.1) is 0 Å². The molecule has 74 valence electrons. The highest BCUT2D eigenvalue weighted by Crippen LogP contribution is 2.28. The van der Waals surface area contributed by atoms with E-state index in [1.54, 1.807) is 6.07 Å². The lowest BCUT2D eigenvalue weighted by Crippen LogP contribution is -2.33. The maximum atomic E-state index is 6.10. The fraction of sp³-hybridized carbons (Fsp3) is 0.600. The van der Waals surface area contributed by atoms with Crippen LogP contribution in [0.2, 0.25) is 5.22 Å². The molecule has 0 aliphatic heterocycles. The average Bonchev–Trinajstić information content (AvgIpc) is 2.32. The summed E-state index contributed by atoms with van der Waals surface area (Å²) in [5, 5.41) is 0.399. The molecule has 0 aliphatic rings. The van der Waals surface area contributed by atoms with Crippen molar-refractivity contribution in [2.24, 2.45) is 11.7 Å². The van der Waals surface area contributed by atoms with Crippen molar-refractivity contribution in [2.75, 3.05) is 0 Å². The van der Waals surface area contributed by atoms with Crippen LogP contribution < -0.4 is 5.73 Å². The van der Waals surface area contributed by atoms with E-state index in [0.717, 1.165) is 12.2 Å². The van der Waals surface area contributed by atoms with Crippen LogP contribution in [-0.4, -0.2) is 0 Å². The van der Waals surface area contributed by atoms with Crippen LogP contribution in [0.25, 0.3) is 0 Å². The fourth-order valence-corrected chi connectivity index (χ4v) is 1.72. The summed E-state index contributed by atoms with van der Waals surface area (Å²) >= 11 is 5.68. The molecule has 0 aliphatic carbocycles. The third-order valence-corrected chi connectivity index (χ3v) is 2.17. The molecule has 1 atom stereocenters. The second-order valence-electron chi connectivity index (χ2n) is 4.12. The van der Waals surface area contributed by atoms with Gasteiger partial charge in [-0.05, 0) is 43.0 Å². The van der Waals surface area contributed by atoms with Crippen LogP contribution in [0.5, 0.6) is 0 Å². The van der Waals surface area contributed by atoms with Gasteiger partial charge >= 0.3 is 0 Å². The molecular formula is C10H16ClNO. The third-order valence-electron chi connectivity index (χ3n) is 1.97. The zero-order valence-electron chi connectivity index (χ0n) is 8.30. The van der Waals surface area contributed by atoms with Gasteiger partial charge in [0, 0.05) is 0 Å². The average molecular weight is 202 g/mol. The van der Waals surface area contributed by atoms with Crippen LogP contribution >= 0.6 is 11.6 Å². The highest BCUT2D eigenvalue weighted by Gasteiger charge is 2.25. The van der Waals surface area contributed by atoms with Gasteiger partial charge in [-0.25, -0.2) is 0 Å². The molecule has 0 spiro atoms. The van der Waals surface area contributed by atoms with Gasteiger partial charge in [-0.3, -0.25) is 0 Å². The molecule has 1 heterocycles. The predicted octanol–water partition coefficient (Wildman–Crippen LogP) is 3.15. The highest BCUT2D eigenvalue weighted by molar-refractivity contribution is 6.28. The van der Waals surface area contributed by atoms with Crippen LogP contribution in [0.4, 0.5) is 0 Å². The lowest BCUT2D eigenvalue weighted by molar-refractivity contribution is 0.312. The highest BCUT2D eigenvalue weighted by atomic mass is 35.5. The van der Waals surface area contributed by atoms with E-state index in [0.29, 0.717) is 11.1 Å². The van der Waals surface area contributed by atoms with Gasteiger partial charge in [0.15, 0.2) is 5.22 Å². The summed E-state index contributed by atoms with van der Waals surface area (Å²) in [5.74, 6) is 1.30. The molecular weight excluding hydrogens is 186 g/mol. The van der Waals surface area contributed by atoms with E-state index in [1.807, 2.05) is 13.0 Å². The minimum Gasteiger partial charge on any atom is -0.448 e. The van der Waals surface area contributed by atoms with Crippen LogP contribution in [-0.2, 0) is 5.54 Å². The molecule has 0 saturated heterocycles. The zero-order valence-corrected chi connectivity index (χ0v) is 9.06. The van der Waals surface area contributed by atoms with E-state index < -0.39 is 5.54 Å². The molecule has 1 aromatic heterocycles. The molecule has 0 fully saturated rings. The Bertz CT molecular complexity index is 278. The van der Waals surface area contributed by atoms with E-state index in [-0.39, 0.29) is 0 Å². The minimum absolute atomic E-state index is 0.399. The summed E-state index contributed by atoms with van der Waals surface area (Å²) in [6, 6.07) is 3.56. The number of nitrogens with two attached hydrogens (primary N) is 1. The lowest BCUT2D eigenvalue weighted by atomic mass is 9.90. The molecule has 0 bridgehead atoms. The fourth-order valence-electron chi connectivity index (χ4n) is 1.57. The van der Waals surface area contributed by atoms with E-state index in [1.165, 1.54) is 0 Å². The first-order valence-electron chi connectivity index (χ1n) is 4.46. The van der Waals surface area contributed by atoms with Crippen molar-refractivity contribution in [1.29, 1.82) is 0 Å². The van der Waals surface area contributed by atoms with Crippen molar-refractivity contribution in [2.45, 2.75) is 32.7 Å². The Labute approximate surface area is 84.1 Å². The maximum Gasteiger partial charge on any atom is 0.193 e. The SMILES string of the molecule is CC(C)CC(C)(N)c1ccc(Cl)o1. The number of furan rings is 1. The topological polar surface area (TPSA) is 39.2 Å². The Morgan fingerprint density at radius 3 is 2.54 bits per heavy atom. The van der Waals surface area contributed by atoms with E-state index >= 15 is 0 Å². The molecule has 2 nitrogen and oxygen atoms in total. The monoisotopic (exact) mass is 201 g/mol. The molecule has 0 saturated carbocycles. The molecule has 0 amide bonds. The third kappa shape index (κ3) is 2.75. The van der Waals surface area contributed by atoms with Gasteiger partial charge in [0.2, 0.25) is 0 Å². The molecule has 0 radical (unpaired) electrons. The predicted molar refractivity (Wildman–Crippen MR) is 54.7 cm³/mol. The van der Waals surface area contributed by atoms with Crippen molar-refractivity contribution >= 4 is 11.6 Å². The largest absolute Gasteiger partial charge is 0.448 e. The lowest BCUT2D eigenvalue weighted by Gasteiger charge is -2.23. The van der Waals surface area contributed by atoms with E-state index in [9.17, 15) is 0 Å². The quantitative estimate of drug-likeness (QED) is 0.816. The Hall–Kier alpha value is -0.470. The molecule has 1 unspecified atom stereocenters. The molecule has 2 N–H and O–H groups in total. The van der Waals surface area contributed by atoms with Crippen molar-refractivity contribution in [3.8, 4) is 0 Å². The number of hydrogen-bond acceptors (Lipinski definition) is 2. The zero-order chi connectivity index (χ0) is 10.1. The Balaban J connectivity index is 2.80. The number of hydrogen-bond donors (Lipinski definition) is 1. The second kappa shape index (κ2) is 3.72. The Morgan fingerprint density at radius 2 is 2.15 bits per heavy atom. The minimum atomic E-state index is -0.415. The van der Waals surface area contributed by atoms with Gasteiger partial charge < -0.3 is 10.2 Å². The molecule has 1 rings (SSSR count). The van der Waals surface area contributed by atoms with Gasteiger partial charge in [0.25, 0.3) is 0 Å². The first kappa shape index (κ1) is 10.6. The number of rotatable bonds is 3. The van der Waals surface area contributed by atoms with Gasteiger partial charge in [-0.2, -0.15) is 0 Å². The van der Waals surface area contributed by atoms with Gasteiger partial charge in [0.05, 0.1) is 5.54 Å². The van der Waals surface area contributed by atoms with Crippen LogP contribution in [0.15, 0.2) is 16.5 Å². The Morgan fingerprint density at radius 1 is 1.54 bits per heavy atom. The van der Waals surface area contributed by atoms with Crippen molar-refractivity contribution in [3.05, 3.63) is 23.1 Å². The first-order valence-corrected chi connectivity index (χ1v) is 4.84.